The topological polar surface area (TPSA) is 64.6 Å². The first-order valence-electron chi connectivity index (χ1n) is 10.0. The zero-order valence-electron chi connectivity index (χ0n) is 16.7. The van der Waals surface area contributed by atoms with Crippen molar-refractivity contribution in [2.24, 2.45) is 0 Å². The maximum Gasteiger partial charge on any atom is 0.225 e. The molecule has 0 radical (unpaired) electrons. The number of nitrogens with one attached hydrogen (secondary N) is 1. The molecule has 5 heteroatoms. The fraction of sp³-hybridized carbons (Fsp3) is 0.333. The number of carbonyl (C=O) groups is 2. The number of ketones is 1. The lowest BCUT2D eigenvalue weighted by Gasteiger charge is -2.35. The van der Waals surface area contributed by atoms with Crippen molar-refractivity contribution in [3.63, 3.8) is 0 Å². The van der Waals surface area contributed by atoms with Crippen LogP contribution in [0.2, 0.25) is 0 Å². The lowest BCUT2D eigenvalue weighted by molar-refractivity contribution is -0.122. The van der Waals surface area contributed by atoms with E-state index >= 15 is 0 Å². The zero-order valence-corrected chi connectivity index (χ0v) is 16.7. The monoisotopic (exact) mass is 391 g/mol. The summed E-state index contributed by atoms with van der Waals surface area (Å²) in [6, 6.07) is 15.5. The highest BCUT2D eigenvalue weighted by Crippen LogP contribution is 2.44. The number of rotatable bonds is 5. The lowest BCUT2D eigenvalue weighted by atomic mass is 9.73. The molecule has 0 spiro atoms. The van der Waals surface area contributed by atoms with Crippen LogP contribution in [-0.2, 0) is 9.59 Å². The van der Waals surface area contributed by atoms with Gasteiger partial charge >= 0.3 is 0 Å². The number of methoxy groups -OCH3 is 1. The third-order valence-corrected chi connectivity index (χ3v) is 5.72. The van der Waals surface area contributed by atoms with Gasteiger partial charge in [-0.1, -0.05) is 30.3 Å². The van der Waals surface area contributed by atoms with Gasteiger partial charge in [0.25, 0.3) is 0 Å². The van der Waals surface area contributed by atoms with Crippen molar-refractivity contribution in [2.45, 2.75) is 38.0 Å². The molecule has 5 nitrogen and oxygen atoms in total. The number of carbonyl (C=O) groups excluding carboxylic acids is 2. The van der Waals surface area contributed by atoms with Crippen LogP contribution in [0.3, 0.4) is 0 Å². The standard InChI is InChI=1S/C24H25NO4/c1-3-29-22-7-5-4-6-18(22)19-14-23(27)25-20-12-16(13-21(26)24(19)20)15-8-10-17(28-2)11-9-15/h4-11,16,19H,3,12-14H2,1-2H3,(H,25,27)/t16-,19-/m0/s1. The van der Waals surface area contributed by atoms with Gasteiger partial charge in [-0.2, -0.15) is 0 Å². The van der Waals surface area contributed by atoms with Crippen molar-refractivity contribution in [3.05, 3.63) is 70.9 Å². The average Bonchev–Trinajstić information content (AvgIpc) is 2.73. The van der Waals surface area contributed by atoms with E-state index in [1.807, 2.05) is 55.5 Å². The smallest absolute Gasteiger partial charge is 0.225 e. The van der Waals surface area contributed by atoms with E-state index in [9.17, 15) is 9.59 Å². The van der Waals surface area contributed by atoms with Crippen LogP contribution < -0.4 is 14.8 Å². The van der Waals surface area contributed by atoms with Gasteiger partial charge in [0.2, 0.25) is 5.91 Å². The first-order chi connectivity index (χ1) is 14.1. The Kier molecular flexibility index (Phi) is 5.38. The summed E-state index contributed by atoms with van der Waals surface area (Å²) in [7, 11) is 1.63. The molecule has 4 rings (SSSR count). The SMILES string of the molecule is CCOc1ccccc1[C@@H]1CC(=O)NC2=C1C(=O)C[C@@H](c1ccc(OC)cc1)C2. The van der Waals surface area contributed by atoms with E-state index in [-0.39, 0.29) is 29.9 Å². The molecule has 0 saturated heterocycles. The Hall–Kier alpha value is -3.08. The Labute approximate surface area is 170 Å². The van der Waals surface area contributed by atoms with Gasteiger partial charge in [-0.25, -0.2) is 0 Å². The van der Waals surface area contributed by atoms with Crippen LogP contribution in [0.5, 0.6) is 11.5 Å². The molecule has 0 aromatic heterocycles. The number of ether oxygens (including phenoxy) is 2. The molecule has 2 aromatic carbocycles. The van der Waals surface area contributed by atoms with Gasteiger partial charge in [-0.3, -0.25) is 9.59 Å². The number of allylic oxidation sites excluding steroid dienone is 2. The quantitative estimate of drug-likeness (QED) is 0.834. The van der Waals surface area contributed by atoms with E-state index in [0.717, 1.165) is 33.9 Å². The predicted molar refractivity (Wildman–Crippen MR) is 110 cm³/mol. The Morgan fingerprint density at radius 3 is 2.48 bits per heavy atom. The molecule has 1 aliphatic carbocycles. The van der Waals surface area contributed by atoms with E-state index in [1.165, 1.54) is 0 Å². The molecule has 0 bridgehead atoms. The maximum absolute atomic E-state index is 13.2. The Balaban J connectivity index is 1.69. The van der Waals surface area contributed by atoms with Crippen LogP contribution in [0.4, 0.5) is 0 Å². The van der Waals surface area contributed by atoms with Crippen LogP contribution in [0, 0.1) is 0 Å². The number of hydrogen-bond donors (Lipinski definition) is 1. The van der Waals surface area contributed by atoms with Gasteiger partial charge < -0.3 is 14.8 Å². The van der Waals surface area contributed by atoms with E-state index in [1.54, 1.807) is 7.11 Å². The van der Waals surface area contributed by atoms with Crippen LogP contribution in [0.25, 0.3) is 0 Å². The van der Waals surface area contributed by atoms with Gasteiger partial charge in [0.15, 0.2) is 5.78 Å². The predicted octanol–water partition coefficient (Wildman–Crippen LogP) is 4.10. The fourth-order valence-electron chi connectivity index (χ4n) is 4.39. The molecular weight excluding hydrogens is 366 g/mol. The molecule has 1 N–H and O–H groups in total. The summed E-state index contributed by atoms with van der Waals surface area (Å²) in [5.74, 6) is 1.37. The second-order valence-corrected chi connectivity index (χ2v) is 7.47. The zero-order chi connectivity index (χ0) is 20.4. The van der Waals surface area contributed by atoms with Gasteiger partial charge in [0.05, 0.1) is 13.7 Å². The number of para-hydroxylation sites is 1. The van der Waals surface area contributed by atoms with Crippen molar-refractivity contribution >= 4 is 11.7 Å². The lowest BCUT2D eigenvalue weighted by Crippen LogP contribution is -2.38. The molecule has 1 heterocycles. The van der Waals surface area contributed by atoms with E-state index < -0.39 is 0 Å². The van der Waals surface area contributed by atoms with Crippen LogP contribution >= 0.6 is 0 Å². The average molecular weight is 391 g/mol. The van der Waals surface area contributed by atoms with Crippen molar-refractivity contribution < 1.29 is 19.1 Å². The normalized spacial score (nSPS) is 21.4. The van der Waals surface area contributed by atoms with Crippen molar-refractivity contribution in [2.75, 3.05) is 13.7 Å². The summed E-state index contributed by atoms with van der Waals surface area (Å²) in [5, 5.41) is 2.98. The minimum absolute atomic E-state index is 0.0494. The first-order valence-corrected chi connectivity index (χ1v) is 10.0. The molecule has 2 aliphatic rings. The van der Waals surface area contributed by atoms with Gasteiger partial charge in [0.1, 0.15) is 11.5 Å². The largest absolute Gasteiger partial charge is 0.497 e. The van der Waals surface area contributed by atoms with Crippen molar-refractivity contribution in [1.29, 1.82) is 0 Å². The third kappa shape index (κ3) is 3.77. The van der Waals surface area contributed by atoms with Crippen molar-refractivity contribution in [1.82, 2.24) is 5.32 Å². The molecule has 1 aliphatic heterocycles. The Morgan fingerprint density at radius 1 is 1.00 bits per heavy atom. The van der Waals surface area contributed by atoms with Crippen LogP contribution in [0.15, 0.2) is 59.8 Å². The second kappa shape index (κ2) is 8.11. The van der Waals surface area contributed by atoms with Crippen LogP contribution in [-0.4, -0.2) is 25.4 Å². The summed E-state index contributed by atoms with van der Waals surface area (Å²) in [5.41, 5.74) is 3.49. The Morgan fingerprint density at radius 2 is 1.76 bits per heavy atom. The molecule has 2 atom stereocenters. The van der Waals surface area contributed by atoms with E-state index in [2.05, 4.69) is 5.32 Å². The van der Waals surface area contributed by atoms with Gasteiger partial charge in [-0.15, -0.1) is 0 Å². The number of Topliss-reactive ketones (excluding diaryl/α,β-unsaturated/α-hetero) is 1. The summed E-state index contributed by atoms with van der Waals surface area (Å²) >= 11 is 0. The van der Waals surface area contributed by atoms with Gasteiger partial charge in [-0.05, 0) is 43.0 Å². The van der Waals surface area contributed by atoms with Crippen LogP contribution in [0.1, 0.15) is 49.1 Å². The van der Waals surface area contributed by atoms with Crippen molar-refractivity contribution in [3.8, 4) is 11.5 Å². The summed E-state index contributed by atoms with van der Waals surface area (Å²) < 4.78 is 11.0. The number of amides is 1. The summed E-state index contributed by atoms with van der Waals surface area (Å²) in [6.45, 7) is 2.47. The highest BCUT2D eigenvalue weighted by atomic mass is 16.5. The fourth-order valence-corrected chi connectivity index (χ4v) is 4.39. The maximum atomic E-state index is 13.2. The van der Waals surface area contributed by atoms with Gasteiger partial charge in [0, 0.05) is 35.6 Å². The molecule has 150 valence electrons. The Bertz CT molecular complexity index is 961. The highest BCUT2D eigenvalue weighted by Gasteiger charge is 2.39. The molecule has 0 fully saturated rings. The summed E-state index contributed by atoms with van der Waals surface area (Å²) in [6.07, 6.45) is 1.35. The highest BCUT2D eigenvalue weighted by molar-refractivity contribution is 6.02. The minimum atomic E-state index is -0.259. The first kappa shape index (κ1) is 19.2. The molecule has 0 saturated carbocycles. The molecule has 29 heavy (non-hydrogen) atoms. The number of hydrogen-bond acceptors (Lipinski definition) is 4. The second-order valence-electron chi connectivity index (χ2n) is 7.47. The number of benzene rings is 2. The van der Waals surface area contributed by atoms with E-state index in [4.69, 9.17) is 9.47 Å². The molecule has 1 amide bonds. The minimum Gasteiger partial charge on any atom is -0.497 e. The molecule has 2 aromatic rings. The third-order valence-electron chi connectivity index (χ3n) is 5.72. The molecule has 0 unspecified atom stereocenters. The van der Waals surface area contributed by atoms with E-state index in [0.29, 0.717) is 19.4 Å². The molecular formula is C24H25NO4. The summed E-state index contributed by atoms with van der Waals surface area (Å²) in [4.78, 5) is 25.7.